The summed E-state index contributed by atoms with van der Waals surface area (Å²) in [6, 6.07) is 0. The third kappa shape index (κ3) is 3.41. The normalized spacial score (nSPS) is 10.6. The maximum atomic E-state index is 12.1. The lowest BCUT2D eigenvalue weighted by Gasteiger charge is -2.17. The molecule has 0 radical (unpaired) electrons. The number of hydrogen-bond donors (Lipinski definition) is 0. The highest BCUT2D eigenvalue weighted by Gasteiger charge is 2.22. The second kappa shape index (κ2) is 6.80. The van der Waals surface area contributed by atoms with Crippen molar-refractivity contribution in [2.45, 2.75) is 19.8 Å². The van der Waals surface area contributed by atoms with Gasteiger partial charge in [0.05, 0.1) is 15.1 Å². The molecule has 0 aliphatic carbocycles. The molecule has 0 fully saturated rings. The third-order valence-corrected chi connectivity index (χ3v) is 4.06. The van der Waals surface area contributed by atoms with Crippen molar-refractivity contribution in [3.8, 4) is 0 Å². The van der Waals surface area contributed by atoms with Gasteiger partial charge < -0.3 is 4.90 Å². The Hall–Kier alpha value is -0.220. The number of amides is 1. The zero-order chi connectivity index (χ0) is 13.9. The Labute approximate surface area is 126 Å². The van der Waals surface area contributed by atoms with Gasteiger partial charge in [-0.3, -0.25) is 4.79 Å². The highest BCUT2D eigenvalue weighted by molar-refractivity contribution is 6.52. The first-order chi connectivity index (χ1) is 8.40. The second-order valence-electron chi connectivity index (χ2n) is 3.77. The molecular weight excluding hydrogens is 318 g/mol. The molecule has 1 amide bonds. The molecule has 7 heteroatoms. The lowest BCUT2D eigenvalue weighted by Crippen LogP contribution is -2.28. The summed E-state index contributed by atoms with van der Waals surface area (Å²) >= 11 is 23.4. The number of rotatable bonds is 4. The van der Waals surface area contributed by atoms with Gasteiger partial charge in [0.15, 0.2) is 0 Å². The molecule has 1 aromatic rings. The molecule has 0 saturated carbocycles. The van der Waals surface area contributed by atoms with Gasteiger partial charge in [0.2, 0.25) is 0 Å². The van der Waals surface area contributed by atoms with E-state index in [9.17, 15) is 4.79 Å². The van der Waals surface area contributed by atoms with Crippen LogP contribution in [0.4, 0.5) is 0 Å². The van der Waals surface area contributed by atoms with Crippen molar-refractivity contribution in [3.05, 3.63) is 25.9 Å². The van der Waals surface area contributed by atoms with Crippen LogP contribution in [0.1, 0.15) is 30.3 Å². The predicted octanol–water partition coefficient (Wildman–Crippen LogP) is 4.57. The maximum Gasteiger partial charge on any atom is 0.273 e. The first-order valence-corrected chi connectivity index (χ1v) is 6.86. The summed E-state index contributed by atoms with van der Waals surface area (Å²) in [4.78, 5) is 17.5. The van der Waals surface area contributed by atoms with Crippen molar-refractivity contribution >= 4 is 52.3 Å². The highest BCUT2D eigenvalue weighted by Crippen LogP contribution is 2.36. The van der Waals surface area contributed by atoms with Crippen LogP contribution in [0.3, 0.4) is 0 Å². The zero-order valence-corrected chi connectivity index (χ0v) is 13.0. The molecule has 0 unspecified atom stereocenters. The average molecular weight is 330 g/mol. The lowest BCUT2D eigenvalue weighted by molar-refractivity contribution is 0.0787. The molecule has 0 bridgehead atoms. The topological polar surface area (TPSA) is 33.2 Å². The first kappa shape index (κ1) is 15.8. The van der Waals surface area contributed by atoms with Gasteiger partial charge in [-0.05, 0) is 6.42 Å². The minimum absolute atomic E-state index is 0.0228. The van der Waals surface area contributed by atoms with Crippen LogP contribution in [0.5, 0.6) is 0 Å². The fraction of sp³-hybridized carbons (Fsp3) is 0.455. The van der Waals surface area contributed by atoms with Crippen molar-refractivity contribution < 1.29 is 4.79 Å². The smallest absolute Gasteiger partial charge is 0.273 e. The van der Waals surface area contributed by atoms with Gasteiger partial charge in [0.25, 0.3) is 5.91 Å². The Morgan fingerprint density at radius 1 is 1.17 bits per heavy atom. The van der Waals surface area contributed by atoms with Crippen molar-refractivity contribution in [2.75, 3.05) is 13.6 Å². The molecule has 1 aromatic heterocycles. The Morgan fingerprint density at radius 2 is 1.78 bits per heavy atom. The minimum Gasteiger partial charge on any atom is -0.340 e. The van der Waals surface area contributed by atoms with Gasteiger partial charge in [-0.1, -0.05) is 59.7 Å². The minimum atomic E-state index is -0.325. The fourth-order valence-corrected chi connectivity index (χ4v) is 2.12. The average Bonchev–Trinajstić information content (AvgIpc) is 2.36. The molecule has 18 heavy (non-hydrogen) atoms. The van der Waals surface area contributed by atoms with E-state index in [0.29, 0.717) is 6.54 Å². The Kier molecular flexibility index (Phi) is 5.99. The number of carbonyl (C=O) groups is 1. The van der Waals surface area contributed by atoms with E-state index in [2.05, 4.69) is 4.98 Å². The molecule has 0 aliphatic heterocycles. The van der Waals surface area contributed by atoms with Crippen molar-refractivity contribution in [1.82, 2.24) is 9.88 Å². The molecule has 0 atom stereocenters. The number of aromatic nitrogens is 1. The van der Waals surface area contributed by atoms with Gasteiger partial charge in [0.1, 0.15) is 10.8 Å². The Morgan fingerprint density at radius 3 is 2.33 bits per heavy atom. The van der Waals surface area contributed by atoms with E-state index in [1.165, 1.54) is 4.90 Å². The van der Waals surface area contributed by atoms with E-state index in [0.717, 1.165) is 12.8 Å². The molecule has 1 heterocycles. The SMILES string of the molecule is CCCCN(C)C(=O)c1nc(Cl)c(Cl)c(Cl)c1Cl. The number of nitrogens with zero attached hydrogens (tertiary/aromatic N) is 2. The fourth-order valence-electron chi connectivity index (χ4n) is 1.31. The highest BCUT2D eigenvalue weighted by atomic mass is 35.5. The number of carbonyl (C=O) groups excluding carboxylic acids is 1. The summed E-state index contributed by atoms with van der Waals surface area (Å²) in [6.45, 7) is 2.66. The summed E-state index contributed by atoms with van der Waals surface area (Å²) < 4.78 is 0. The maximum absolute atomic E-state index is 12.1. The van der Waals surface area contributed by atoms with E-state index >= 15 is 0 Å². The standard InChI is InChI=1S/C11H12Cl4N2O/c1-3-4-5-17(2)11(18)9-7(13)6(12)8(14)10(15)16-9/h3-5H2,1-2H3. The number of hydrogen-bond acceptors (Lipinski definition) is 2. The molecule has 100 valence electrons. The van der Waals surface area contributed by atoms with Crippen LogP contribution >= 0.6 is 46.4 Å². The number of unbranched alkanes of at least 4 members (excludes halogenated alkanes) is 1. The van der Waals surface area contributed by atoms with Crippen LogP contribution < -0.4 is 0 Å². The first-order valence-electron chi connectivity index (χ1n) is 5.35. The van der Waals surface area contributed by atoms with Crippen LogP contribution in [0.2, 0.25) is 20.2 Å². The quantitative estimate of drug-likeness (QED) is 0.758. The lowest BCUT2D eigenvalue weighted by atomic mass is 10.3. The molecule has 0 N–H and O–H groups in total. The summed E-state index contributed by atoms with van der Waals surface area (Å²) in [6.07, 6.45) is 1.88. The van der Waals surface area contributed by atoms with Gasteiger partial charge >= 0.3 is 0 Å². The zero-order valence-electron chi connectivity index (χ0n) is 9.94. The van der Waals surface area contributed by atoms with Crippen molar-refractivity contribution in [3.63, 3.8) is 0 Å². The van der Waals surface area contributed by atoms with E-state index in [1.54, 1.807) is 7.05 Å². The molecule has 0 aromatic carbocycles. The largest absolute Gasteiger partial charge is 0.340 e. The van der Waals surface area contributed by atoms with E-state index < -0.39 is 0 Å². The predicted molar refractivity (Wildman–Crippen MR) is 76.1 cm³/mol. The molecular formula is C11H12Cl4N2O. The van der Waals surface area contributed by atoms with Crippen LogP contribution in [0.15, 0.2) is 0 Å². The summed E-state index contributed by atoms with van der Waals surface area (Å²) in [5.74, 6) is -0.325. The number of halogens is 4. The van der Waals surface area contributed by atoms with E-state index in [-0.39, 0.29) is 31.8 Å². The third-order valence-electron chi connectivity index (χ3n) is 2.38. The van der Waals surface area contributed by atoms with Gasteiger partial charge in [-0.15, -0.1) is 0 Å². The van der Waals surface area contributed by atoms with E-state index in [1.807, 2.05) is 6.92 Å². The van der Waals surface area contributed by atoms with Gasteiger partial charge in [0, 0.05) is 13.6 Å². The summed E-state index contributed by atoms with van der Waals surface area (Å²) in [7, 11) is 1.67. The van der Waals surface area contributed by atoms with E-state index in [4.69, 9.17) is 46.4 Å². The van der Waals surface area contributed by atoms with Crippen LogP contribution in [0.25, 0.3) is 0 Å². The van der Waals surface area contributed by atoms with Crippen LogP contribution in [0, 0.1) is 0 Å². The van der Waals surface area contributed by atoms with Crippen LogP contribution in [-0.2, 0) is 0 Å². The molecule has 3 nitrogen and oxygen atoms in total. The molecule has 0 saturated heterocycles. The monoisotopic (exact) mass is 328 g/mol. The second-order valence-corrected chi connectivity index (χ2v) is 5.27. The Bertz CT molecular complexity index is 465. The van der Waals surface area contributed by atoms with Crippen molar-refractivity contribution in [2.24, 2.45) is 0 Å². The number of pyridine rings is 1. The van der Waals surface area contributed by atoms with Crippen molar-refractivity contribution in [1.29, 1.82) is 0 Å². The molecule has 0 aliphatic rings. The molecule has 1 rings (SSSR count). The molecule has 0 spiro atoms. The van der Waals surface area contributed by atoms with Gasteiger partial charge in [-0.2, -0.15) is 0 Å². The van der Waals surface area contributed by atoms with Crippen LogP contribution in [-0.4, -0.2) is 29.4 Å². The summed E-state index contributed by atoms with van der Waals surface area (Å²) in [5, 5.41) is 0.0967. The summed E-state index contributed by atoms with van der Waals surface area (Å²) in [5.41, 5.74) is 0.0228. The Balaban J connectivity index is 3.06. The van der Waals surface area contributed by atoms with Gasteiger partial charge in [-0.25, -0.2) is 4.98 Å².